The molecule has 2 aromatic rings. The SMILES string of the molecule is COc1ccc(C(=O)NC(C(=O)NCCc2ccc(N)cc2)C(C)C)cc1.Cl. The van der Waals surface area contributed by atoms with Crippen LogP contribution in [0.15, 0.2) is 48.5 Å². The van der Waals surface area contributed by atoms with Gasteiger partial charge in [-0.3, -0.25) is 9.59 Å². The Morgan fingerprint density at radius 1 is 1.04 bits per heavy atom. The number of hydrogen-bond donors (Lipinski definition) is 3. The summed E-state index contributed by atoms with van der Waals surface area (Å²) < 4.78 is 5.09. The zero-order chi connectivity index (χ0) is 19.8. The summed E-state index contributed by atoms with van der Waals surface area (Å²) in [6, 6.07) is 13.7. The quantitative estimate of drug-likeness (QED) is 0.588. The third-order valence-corrected chi connectivity index (χ3v) is 4.28. The van der Waals surface area contributed by atoms with Crippen molar-refractivity contribution in [3.8, 4) is 5.75 Å². The Morgan fingerprint density at radius 2 is 1.64 bits per heavy atom. The van der Waals surface area contributed by atoms with Gasteiger partial charge in [0.05, 0.1) is 7.11 Å². The molecule has 0 spiro atoms. The molecule has 0 fully saturated rings. The molecule has 4 N–H and O–H groups in total. The van der Waals surface area contributed by atoms with Gasteiger partial charge in [0.1, 0.15) is 11.8 Å². The van der Waals surface area contributed by atoms with E-state index in [0.717, 1.165) is 5.56 Å². The summed E-state index contributed by atoms with van der Waals surface area (Å²) in [6.07, 6.45) is 0.698. The number of ether oxygens (including phenoxy) is 1. The fourth-order valence-corrected chi connectivity index (χ4v) is 2.63. The summed E-state index contributed by atoms with van der Waals surface area (Å²) in [5.41, 5.74) is 7.96. The molecule has 0 bridgehead atoms. The molecule has 0 saturated heterocycles. The molecule has 1 unspecified atom stereocenters. The van der Waals surface area contributed by atoms with Crippen LogP contribution in [0.5, 0.6) is 5.75 Å². The highest BCUT2D eigenvalue weighted by molar-refractivity contribution is 5.97. The molecule has 7 heteroatoms. The van der Waals surface area contributed by atoms with E-state index >= 15 is 0 Å². The molecular formula is C21H28ClN3O3. The van der Waals surface area contributed by atoms with Crippen LogP contribution in [0.4, 0.5) is 5.69 Å². The number of rotatable bonds is 8. The highest BCUT2D eigenvalue weighted by atomic mass is 35.5. The molecule has 6 nitrogen and oxygen atoms in total. The summed E-state index contributed by atoms with van der Waals surface area (Å²) in [4.78, 5) is 25.0. The van der Waals surface area contributed by atoms with E-state index in [1.807, 2.05) is 38.1 Å². The van der Waals surface area contributed by atoms with Crippen LogP contribution in [-0.4, -0.2) is 31.5 Å². The minimum atomic E-state index is -0.606. The van der Waals surface area contributed by atoms with Gasteiger partial charge in [0, 0.05) is 17.8 Å². The van der Waals surface area contributed by atoms with E-state index in [0.29, 0.717) is 30.0 Å². The molecule has 0 radical (unpaired) electrons. The number of halogens is 1. The van der Waals surface area contributed by atoms with Crippen molar-refractivity contribution >= 4 is 29.9 Å². The lowest BCUT2D eigenvalue weighted by molar-refractivity contribution is -0.123. The van der Waals surface area contributed by atoms with Crippen molar-refractivity contribution < 1.29 is 14.3 Å². The average Bonchev–Trinajstić information content (AvgIpc) is 2.67. The summed E-state index contributed by atoms with van der Waals surface area (Å²) in [5, 5.41) is 5.72. The van der Waals surface area contributed by atoms with Crippen LogP contribution >= 0.6 is 12.4 Å². The lowest BCUT2D eigenvalue weighted by Gasteiger charge is -2.22. The summed E-state index contributed by atoms with van der Waals surface area (Å²) >= 11 is 0. The third kappa shape index (κ3) is 6.78. The predicted octanol–water partition coefficient (Wildman–Crippen LogP) is 2.81. The molecule has 0 aliphatic carbocycles. The zero-order valence-corrected chi connectivity index (χ0v) is 17.2. The number of amides is 2. The number of nitrogen functional groups attached to an aromatic ring is 1. The fraction of sp³-hybridized carbons (Fsp3) is 0.333. The molecule has 2 aromatic carbocycles. The highest BCUT2D eigenvalue weighted by Crippen LogP contribution is 2.12. The van der Waals surface area contributed by atoms with E-state index in [4.69, 9.17) is 10.5 Å². The van der Waals surface area contributed by atoms with Crippen LogP contribution in [0.2, 0.25) is 0 Å². The van der Waals surface area contributed by atoms with E-state index in [2.05, 4.69) is 10.6 Å². The molecule has 0 aliphatic heterocycles. The normalized spacial score (nSPS) is 11.3. The number of benzene rings is 2. The molecule has 0 saturated carbocycles. The largest absolute Gasteiger partial charge is 0.497 e. The van der Waals surface area contributed by atoms with Crippen LogP contribution in [0.1, 0.15) is 29.8 Å². The van der Waals surface area contributed by atoms with Crippen LogP contribution in [0.3, 0.4) is 0 Å². The monoisotopic (exact) mass is 405 g/mol. The summed E-state index contributed by atoms with van der Waals surface area (Å²) in [5.74, 6) is 0.156. The molecule has 0 heterocycles. The second kappa shape index (κ2) is 11.2. The topological polar surface area (TPSA) is 93.4 Å². The molecule has 1 atom stereocenters. The lowest BCUT2D eigenvalue weighted by atomic mass is 10.0. The second-order valence-corrected chi connectivity index (χ2v) is 6.71. The van der Waals surface area contributed by atoms with E-state index in [1.54, 1.807) is 31.4 Å². The van der Waals surface area contributed by atoms with E-state index in [9.17, 15) is 9.59 Å². The van der Waals surface area contributed by atoms with Gasteiger partial charge in [0.2, 0.25) is 5.91 Å². The smallest absolute Gasteiger partial charge is 0.251 e. The van der Waals surface area contributed by atoms with Gasteiger partial charge in [-0.05, 0) is 54.3 Å². The zero-order valence-electron chi connectivity index (χ0n) is 16.4. The van der Waals surface area contributed by atoms with Crippen LogP contribution in [0.25, 0.3) is 0 Å². The maximum Gasteiger partial charge on any atom is 0.251 e. The van der Waals surface area contributed by atoms with Crippen molar-refractivity contribution in [1.29, 1.82) is 0 Å². The highest BCUT2D eigenvalue weighted by Gasteiger charge is 2.24. The minimum Gasteiger partial charge on any atom is -0.497 e. The maximum absolute atomic E-state index is 12.5. The van der Waals surface area contributed by atoms with Gasteiger partial charge >= 0.3 is 0 Å². The fourth-order valence-electron chi connectivity index (χ4n) is 2.63. The van der Waals surface area contributed by atoms with Crippen molar-refractivity contribution in [2.75, 3.05) is 19.4 Å². The first-order chi connectivity index (χ1) is 12.9. The number of nitrogens with two attached hydrogens (primary N) is 1. The number of hydrogen-bond acceptors (Lipinski definition) is 4. The van der Waals surface area contributed by atoms with Gasteiger partial charge < -0.3 is 21.1 Å². The van der Waals surface area contributed by atoms with E-state index in [-0.39, 0.29) is 30.1 Å². The Bertz CT molecular complexity index is 761. The van der Waals surface area contributed by atoms with Gasteiger partial charge in [-0.15, -0.1) is 12.4 Å². The molecule has 0 aromatic heterocycles. The van der Waals surface area contributed by atoms with Gasteiger partial charge in [-0.1, -0.05) is 26.0 Å². The van der Waals surface area contributed by atoms with Crippen molar-refractivity contribution in [3.63, 3.8) is 0 Å². The molecule has 152 valence electrons. The number of anilines is 1. The van der Waals surface area contributed by atoms with Gasteiger partial charge in [-0.25, -0.2) is 0 Å². The molecule has 2 rings (SSSR count). The Morgan fingerprint density at radius 3 is 2.18 bits per heavy atom. The third-order valence-electron chi connectivity index (χ3n) is 4.28. The van der Waals surface area contributed by atoms with Crippen molar-refractivity contribution in [2.45, 2.75) is 26.3 Å². The Hall–Kier alpha value is -2.73. The molecule has 0 aliphatic rings. The molecule has 28 heavy (non-hydrogen) atoms. The lowest BCUT2D eigenvalue weighted by Crippen LogP contribution is -2.50. The Balaban J connectivity index is 0.00000392. The average molecular weight is 406 g/mol. The van der Waals surface area contributed by atoms with E-state index in [1.165, 1.54) is 0 Å². The first-order valence-corrected chi connectivity index (χ1v) is 8.97. The predicted molar refractivity (Wildman–Crippen MR) is 114 cm³/mol. The molecule has 2 amide bonds. The summed E-state index contributed by atoms with van der Waals surface area (Å²) in [7, 11) is 1.57. The number of carbonyl (C=O) groups is 2. The summed E-state index contributed by atoms with van der Waals surface area (Å²) in [6.45, 7) is 4.29. The first-order valence-electron chi connectivity index (χ1n) is 8.97. The minimum absolute atomic E-state index is 0. The van der Waals surface area contributed by atoms with Gasteiger partial charge in [0.25, 0.3) is 5.91 Å². The van der Waals surface area contributed by atoms with Crippen molar-refractivity contribution in [2.24, 2.45) is 5.92 Å². The first kappa shape index (κ1) is 23.3. The van der Waals surface area contributed by atoms with Crippen LogP contribution in [-0.2, 0) is 11.2 Å². The number of carbonyl (C=O) groups excluding carboxylic acids is 2. The number of nitrogens with one attached hydrogen (secondary N) is 2. The van der Waals surface area contributed by atoms with Crippen LogP contribution in [0, 0.1) is 5.92 Å². The van der Waals surface area contributed by atoms with Crippen molar-refractivity contribution in [3.05, 3.63) is 59.7 Å². The van der Waals surface area contributed by atoms with Gasteiger partial charge in [0.15, 0.2) is 0 Å². The van der Waals surface area contributed by atoms with Crippen LogP contribution < -0.4 is 21.1 Å². The van der Waals surface area contributed by atoms with Gasteiger partial charge in [-0.2, -0.15) is 0 Å². The molecular weight excluding hydrogens is 378 g/mol. The van der Waals surface area contributed by atoms with Crippen molar-refractivity contribution in [1.82, 2.24) is 10.6 Å². The second-order valence-electron chi connectivity index (χ2n) is 6.71. The van der Waals surface area contributed by atoms with E-state index < -0.39 is 6.04 Å². The Kier molecular flexibility index (Phi) is 9.32. The standard InChI is InChI=1S/C21H27N3O3.ClH/c1-14(2)19(24-20(25)16-6-10-18(27-3)11-7-16)21(26)23-13-12-15-4-8-17(22)9-5-15;/h4-11,14,19H,12-13,22H2,1-3H3,(H,23,26)(H,24,25);1H. The number of methoxy groups -OCH3 is 1. The Labute approximate surface area is 172 Å². The maximum atomic E-state index is 12.5.